The van der Waals surface area contributed by atoms with Gasteiger partial charge >= 0.3 is 0 Å². The SMILES string of the molecule is CO[C@@H](C)CCC(=O)N(C)Cc1sccc1Br. The molecule has 0 aliphatic carbocycles. The molecule has 1 amide bonds. The van der Waals surface area contributed by atoms with E-state index < -0.39 is 0 Å². The highest BCUT2D eigenvalue weighted by molar-refractivity contribution is 9.10. The molecule has 0 fully saturated rings. The van der Waals surface area contributed by atoms with Crippen molar-refractivity contribution in [3.05, 3.63) is 20.8 Å². The van der Waals surface area contributed by atoms with Crippen molar-refractivity contribution in [1.82, 2.24) is 4.90 Å². The van der Waals surface area contributed by atoms with Crippen LogP contribution in [0.25, 0.3) is 0 Å². The first-order valence-corrected chi connectivity index (χ1v) is 7.20. The average Bonchev–Trinajstić information content (AvgIpc) is 2.71. The highest BCUT2D eigenvalue weighted by atomic mass is 79.9. The summed E-state index contributed by atoms with van der Waals surface area (Å²) in [5.41, 5.74) is 0. The van der Waals surface area contributed by atoms with Crippen molar-refractivity contribution >= 4 is 33.2 Å². The summed E-state index contributed by atoms with van der Waals surface area (Å²) in [6.45, 7) is 2.64. The standard InChI is InChI=1S/C12H18BrNO2S/c1-9(16-3)4-5-12(15)14(2)8-11-10(13)6-7-17-11/h6-7,9H,4-5,8H2,1-3H3/t9-/m0/s1. The fourth-order valence-electron chi connectivity index (χ4n) is 1.38. The second-order valence-corrected chi connectivity index (χ2v) is 5.88. The Balaban J connectivity index is 2.40. The number of carbonyl (C=O) groups excluding carboxylic acids is 1. The van der Waals surface area contributed by atoms with Crippen LogP contribution in [-0.4, -0.2) is 31.1 Å². The second-order valence-electron chi connectivity index (χ2n) is 4.03. The molecule has 1 atom stereocenters. The number of nitrogens with zero attached hydrogens (tertiary/aromatic N) is 1. The predicted octanol–water partition coefficient (Wildman–Crippen LogP) is 3.28. The summed E-state index contributed by atoms with van der Waals surface area (Å²) < 4.78 is 6.21. The molecule has 0 aromatic carbocycles. The Morgan fingerprint density at radius 3 is 2.88 bits per heavy atom. The van der Waals surface area contributed by atoms with Crippen LogP contribution in [0.3, 0.4) is 0 Å². The van der Waals surface area contributed by atoms with Gasteiger partial charge in [-0.3, -0.25) is 4.79 Å². The van der Waals surface area contributed by atoms with Crippen molar-refractivity contribution in [1.29, 1.82) is 0 Å². The summed E-state index contributed by atoms with van der Waals surface area (Å²) in [5.74, 6) is 0.161. The van der Waals surface area contributed by atoms with Crippen molar-refractivity contribution in [3.63, 3.8) is 0 Å². The first-order chi connectivity index (χ1) is 8.04. The van der Waals surface area contributed by atoms with E-state index in [1.54, 1.807) is 23.3 Å². The summed E-state index contributed by atoms with van der Waals surface area (Å²) in [5, 5.41) is 2.02. The van der Waals surface area contributed by atoms with Gasteiger partial charge in [0, 0.05) is 29.9 Å². The maximum Gasteiger partial charge on any atom is 0.222 e. The van der Waals surface area contributed by atoms with E-state index in [2.05, 4.69) is 15.9 Å². The number of hydrogen-bond acceptors (Lipinski definition) is 3. The van der Waals surface area contributed by atoms with Crippen LogP contribution in [0.15, 0.2) is 15.9 Å². The lowest BCUT2D eigenvalue weighted by Gasteiger charge is -2.17. The normalized spacial score (nSPS) is 12.5. The summed E-state index contributed by atoms with van der Waals surface area (Å²) in [6.07, 6.45) is 1.44. The first-order valence-electron chi connectivity index (χ1n) is 5.53. The minimum absolute atomic E-state index is 0.140. The Kier molecular flexibility index (Phi) is 6.16. The lowest BCUT2D eigenvalue weighted by molar-refractivity contribution is -0.131. The van der Waals surface area contributed by atoms with Crippen LogP contribution >= 0.6 is 27.3 Å². The quantitative estimate of drug-likeness (QED) is 0.805. The molecule has 0 spiro atoms. The zero-order chi connectivity index (χ0) is 12.8. The summed E-state index contributed by atoms with van der Waals surface area (Å²) in [6, 6.07) is 2.01. The van der Waals surface area contributed by atoms with Crippen molar-refractivity contribution in [2.45, 2.75) is 32.4 Å². The molecule has 5 heteroatoms. The van der Waals surface area contributed by atoms with Crippen molar-refractivity contribution in [2.75, 3.05) is 14.2 Å². The van der Waals surface area contributed by atoms with Crippen LogP contribution in [0.5, 0.6) is 0 Å². The average molecular weight is 320 g/mol. The number of ether oxygens (including phenoxy) is 1. The minimum atomic E-state index is 0.140. The maximum atomic E-state index is 11.9. The third-order valence-electron chi connectivity index (χ3n) is 2.66. The third kappa shape index (κ3) is 4.77. The predicted molar refractivity (Wildman–Crippen MR) is 74.2 cm³/mol. The number of carbonyl (C=O) groups is 1. The van der Waals surface area contributed by atoms with Crippen molar-refractivity contribution in [3.8, 4) is 0 Å². The number of amides is 1. The van der Waals surface area contributed by atoms with Gasteiger partial charge in [-0.15, -0.1) is 11.3 Å². The smallest absolute Gasteiger partial charge is 0.222 e. The molecule has 0 aliphatic heterocycles. The van der Waals surface area contributed by atoms with E-state index in [9.17, 15) is 4.79 Å². The van der Waals surface area contributed by atoms with Crippen LogP contribution in [0, 0.1) is 0 Å². The van der Waals surface area contributed by atoms with Crippen molar-refractivity contribution < 1.29 is 9.53 Å². The van der Waals surface area contributed by atoms with Gasteiger partial charge in [0.1, 0.15) is 0 Å². The Labute approximate surface area is 115 Å². The van der Waals surface area contributed by atoms with Gasteiger partial charge in [-0.2, -0.15) is 0 Å². The fourth-order valence-corrected chi connectivity index (χ4v) is 2.91. The van der Waals surface area contributed by atoms with E-state index in [1.165, 1.54) is 4.88 Å². The molecule has 1 rings (SSSR count). The Morgan fingerprint density at radius 2 is 2.35 bits per heavy atom. The molecule has 0 radical (unpaired) electrons. The van der Waals surface area contributed by atoms with E-state index in [1.807, 2.05) is 25.4 Å². The van der Waals surface area contributed by atoms with E-state index in [0.29, 0.717) is 13.0 Å². The highest BCUT2D eigenvalue weighted by Crippen LogP contribution is 2.24. The van der Waals surface area contributed by atoms with Gasteiger partial charge in [-0.25, -0.2) is 0 Å². The summed E-state index contributed by atoms with van der Waals surface area (Å²) >= 11 is 5.13. The summed E-state index contributed by atoms with van der Waals surface area (Å²) in [7, 11) is 3.51. The Bertz CT molecular complexity index is 367. The zero-order valence-corrected chi connectivity index (χ0v) is 12.8. The molecular weight excluding hydrogens is 302 g/mol. The van der Waals surface area contributed by atoms with Crippen molar-refractivity contribution in [2.24, 2.45) is 0 Å². The van der Waals surface area contributed by atoms with Crippen LogP contribution in [0.1, 0.15) is 24.6 Å². The van der Waals surface area contributed by atoms with E-state index in [-0.39, 0.29) is 12.0 Å². The molecule has 0 N–H and O–H groups in total. The molecule has 0 unspecified atom stereocenters. The number of thiophene rings is 1. The monoisotopic (exact) mass is 319 g/mol. The van der Waals surface area contributed by atoms with Gasteiger partial charge in [-0.1, -0.05) is 0 Å². The largest absolute Gasteiger partial charge is 0.382 e. The number of hydrogen-bond donors (Lipinski definition) is 0. The summed E-state index contributed by atoms with van der Waals surface area (Å²) in [4.78, 5) is 14.8. The van der Waals surface area contributed by atoms with Gasteiger partial charge in [0.15, 0.2) is 0 Å². The van der Waals surface area contributed by atoms with Crippen LogP contribution in [0.4, 0.5) is 0 Å². The second kappa shape index (κ2) is 7.13. The fraction of sp³-hybridized carbons (Fsp3) is 0.583. The van der Waals surface area contributed by atoms with E-state index >= 15 is 0 Å². The Morgan fingerprint density at radius 1 is 1.65 bits per heavy atom. The van der Waals surface area contributed by atoms with Gasteiger partial charge < -0.3 is 9.64 Å². The van der Waals surface area contributed by atoms with E-state index in [0.717, 1.165) is 10.9 Å². The van der Waals surface area contributed by atoms with Crippen LogP contribution in [-0.2, 0) is 16.1 Å². The zero-order valence-electron chi connectivity index (χ0n) is 10.4. The van der Waals surface area contributed by atoms with Crippen LogP contribution in [0.2, 0.25) is 0 Å². The van der Waals surface area contributed by atoms with Gasteiger partial charge in [-0.05, 0) is 40.7 Å². The maximum absolute atomic E-state index is 11.9. The lowest BCUT2D eigenvalue weighted by atomic mass is 10.2. The van der Waals surface area contributed by atoms with E-state index in [4.69, 9.17) is 4.74 Å². The lowest BCUT2D eigenvalue weighted by Crippen LogP contribution is -2.26. The molecule has 0 bridgehead atoms. The topological polar surface area (TPSA) is 29.5 Å². The molecule has 3 nitrogen and oxygen atoms in total. The molecule has 1 heterocycles. The third-order valence-corrected chi connectivity index (χ3v) is 4.58. The molecule has 17 heavy (non-hydrogen) atoms. The van der Waals surface area contributed by atoms with Gasteiger partial charge in [0.05, 0.1) is 12.6 Å². The van der Waals surface area contributed by atoms with Crippen LogP contribution < -0.4 is 0 Å². The Hall–Kier alpha value is -0.390. The number of methoxy groups -OCH3 is 1. The molecular formula is C12H18BrNO2S. The minimum Gasteiger partial charge on any atom is -0.382 e. The molecule has 0 aliphatic rings. The molecule has 0 saturated heterocycles. The molecule has 0 saturated carbocycles. The van der Waals surface area contributed by atoms with Gasteiger partial charge in [0.2, 0.25) is 5.91 Å². The molecule has 96 valence electrons. The highest BCUT2D eigenvalue weighted by Gasteiger charge is 2.13. The number of rotatable bonds is 6. The number of halogens is 1. The van der Waals surface area contributed by atoms with Gasteiger partial charge in [0.25, 0.3) is 0 Å². The molecule has 1 aromatic heterocycles. The first kappa shape index (κ1) is 14.7. The molecule has 1 aromatic rings.